The van der Waals surface area contributed by atoms with Crippen molar-refractivity contribution in [2.24, 2.45) is 0 Å². The number of hydrogen-bond acceptors (Lipinski definition) is 4. The fraction of sp³-hybridized carbons (Fsp3) is 0.381. The number of amides is 1. The average molecular weight is 433 g/mol. The first kappa shape index (κ1) is 19.7. The number of carbonyl (C=O) groups is 1. The molecule has 1 N–H and O–H groups in total. The minimum atomic E-state index is -0.322. The maximum Gasteiger partial charge on any atom is 0.246 e. The highest BCUT2D eigenvalue weighted by atomic mass is 79.9. The van der Waals surface area contributed by atoms with Crippen LogP contribution in [-0.4, -0.2) is 38.1 Å². The fourth-order valence-electron chi connectivity index (χ4n) is 3.52. The second-order valence-corrected chi connectivity index (χ2v) is 7.63. The van der Waals surface area contributed by atoms with Crippen molar-refractivity contribution < 1.29 is 14.3 Å². The van der Waals surface area contributed by atoms with Crippen molar-refractivity contribution in [2.75, 3.05) is 32.6 Å². The summed E-state index contributed by atoms with van der Waals surface area (Å²) in [5, 5.41) is 3.10. The van der Waals surface area contributed by atoms with Gasteiger partial charge < -0.3 is 14.8 Å². The Bertz CT molecular complexity index is 819. The SMILES string of the molecule is COc1cc(C)c(NC(=O)[C@H](c2cccc(Br)c2)N2CCCC2)cc1OC. The molecule has 0 aliphatic carbocycles. The molecule has 3 rings (SSSR count). The molecule has 1 aliphatic rings. The van der Waals surface area contributed by atoms with E-state index in [1.807, 2.05) is 43.3 Å². The van der Waals surface area contributed by atoms with Crippen LogP contribution in [0.25, 0.3) is 0 Å². The van der Waals surface area contributed by atoms with Gasteiger partial charge in [0.1, 0.15) is 6.04 Å². The molecule has 1 aliphatic heterocycles. The van der Waals surface area contributed by atoms with Crippen LogP contribution in [0.3, 0.4) is 0 Å². The molecule has 5 nitrogen and oxygen atoms in total. The van der Waals surface area contributed by atoms with Gasteiger partial charge in [0.05, 0.1) is 14.2 Å². The van der Waals surface area contributed by atoms with E-state index in [0.717, 1.165) is 47.2 Å². The molecular weight excluding hydrogens is 408 g/mol. The van der Waals surface area contributed by atoms with Gasteiger partial charge in [0.15, 0.2) is 11.5 Å². The summed E-state index contributed by atoms with van der Waals surface area (Å²) >= 11 is 3.52. The van der Waals surface area contributed by atoms with Crippen molar-refractivity contribution in [3.05, 3.63) is 52.0 Å². The summed E-state index contributed by atoms with van der Waals surface area (Å²) in [4.78, 5) is 15.5. The van der Waals surface area contributed by atoms with Crippen LogP contribution in [0.15, 0.2) is 40.9 Å². The summed E-state index contributed by atoms with van der Waals surface area (Å²) in [5.41, 5.74) is 2.65. The summed E-state index contributed by atoms with van der Waals surface area (Å²) in [7, 11) is 3.19. The Morgan fingerprint density at radius 1 is 1.11 bits per heavy atom. The molecule has 1 amide bonds. The molecular formula is C21H25BrN2O3. The van der Waals surface area contributed by atoms with Crippen molar-refractivity contribution in [3.63, 3.8) is 0 Å². The minimum absolute atomic E-state index is 0.0367. The third kappa shape index (κ3) is 4.45. The lowest BCUT2D eigenvalue weighted by Crippen LogP contribution is -2.35. The van der Waals surface area contributed by atoms with Crippen LogP contribution in [-0.2, 0) is 4.79 Å². The quantitative estimate of drug-likeness (QED) is 0.727. The first-order valence-electron chi connectivity index (χ1n) is 9.06. The maximum absolute atomic E-state index is 13.3. The zero-order valence-electron chi connectivity index (χ0n) is 15.9. The molecule has 1 fully saturated rings. The van der Waals surface area contributed by atoms with Gasteiger partial charge in [-0.05, 0) is 62.2 Å². The number of nitrogens with one attached hydrogen (secondary N) is 1. The third-order valence-electron chi connectivity index (χ3n) is 4.91. The molecule has 2 aromatic carbocycles. The molecule has 0 radical (unpaired) electrons. The largest absolute Gasteiger partial charge is 0.493 e. The van der Waals surface area contributed by atoms with E-state index < -0.39 is 0 Å². The molecule has 1 heterocycles. The first-order chi connectivity index (χ1) is 13.0. The minimum Gasteiger partial charge on any atom is -0.493 e. The number of aryl methyl sites for hydroxylation is 1. The average Bonchev–Trinajstić information content (AvgIpc) is 3.17. The smallest absolute Gasteiger partial charge is 0.246 e. The van der Waals surface area contributed by atoms with Crippen LogP contribution in [0.1, 0.15) is 30.0 Å². The summed E-state index contributed by atoms with van der Waals surface area (Å²) < 4.78 is 11.7. The van der Waals surface area contributed by atoms with Crippen LogP contribution >= 0.6 is 15.9 Å². The Hall–Kier alpha value is -2.05. The van der Waals surface area contributed by atoms with E-state index in [-0.39, 0.29) is 11.9 Å². The molecule has 2 aromatic rings. The number of benzene rings is 2. The van der Waals surface area contributed by atoms with Crippen LogP contribution in [0.4, 0.5) is 5.69 Å². The predicted octanol–water partition coefficient (Wildman–Crippen LogP) is 4.55. The van der Waals surface area contributed by atoms with E-state index in [2.05, 4.69) is 26.1 Å². The van der Waals surface area contributed by atoms with E-state index in [0.29, 0.717) is 11.5 Å². The van der Waals surface area contributed by atoms with Gasteiger partial charge >= 0.3 is 0 Å². The Morgan fingerprint density at radius 2 is 1.78 bits per heavy atom. The van der Waals surface area contributed by atoms with Gasteiger partial charge in [-0.25, -0.2) is 0 Å². The normalized spacial score (nSPS) is 15.4. The zero-order chi connectivity index (χ0) is 19.4. The van der Waals surface area contributed by atoms with Gasteiger partial charge in [-0.2, -0.15) is 0 Å². The van der Waals surface area contributed by atoms with Gasteiger partial charge in [-0.1, -0.05) is 28.1 Å². The number of methoxy groups -OCH3 is 2. The van der Waals surface area contributed by atoms with Gasteiger partial charge in [0.2, 0.25) is 5.91 Å². The Morgan fingerprint density at radius 3 is 2.41 bits per heavy atom. The molecule has 0 aromatic heterocycles. The Kier molecular flexibility index (Phi) is 6.39. The van der Waals surface area contributed by atoms with E-state index in [9.17, 15) is 4.79 Å². The van der Waals surface area contributed by atoms with Crippen molar-refractivity contribution in [3.8, 4) is 11.5 Å². The van der Waals surface area contributed by atoms with E-state index >= 15 is 0 Å². The summed E-state index contributed by atoms with van der Waals surface area (Å²) in [6.45, 7) is 3.80. The topological polar surface area (TPSA) is 50.8 Å². The second-order valence-electron chi connectivity index (χ2n) is 6.71. The van der Waals surface area contributed by atoms with Gasteiger partial charge in [0.25, 0.3) is 0 Å². The molecule has 0 spiro atoms. The lowest BCUT2D eigenvalue weighted by Gasteiger charge is -2.27. The van der Waals surface area contributed by atoms with Crippen molar-refractivity contribution in [1.82, 2.24) is 4.90 Å². The van der Waals surface area contributed by atoms with Crippen LogP contribution < -0.4 is 14.8 Å². The number of ether oxygens (including phenoxy) is 2. The first-order valence-corrected chi connectivity index (χ1v) is 9.85. The summed E-state index contributed by atoms with van der Waals surface area (Å²) in [5.74, 6) is 1.21. The molecule has 27 heavy (non-hydrogen) atoms. The van der Waals surface area contributed by atoms with Crippen LogP contribution in [0.5, 0.6) is 11.5 Å². The third-order valence-corrected chi connectivity index (χ3v) is 5.40. The number of nitrogens with zero attached hydrogens (tertiary/aromatic N) is 1. The number of halogens is 1. The Balaban J connectivity index is 1.91. The van der Waals surface area contributed by atoms with Crippen molar-refractivity contribution in [2.45, 2.75) is 25.8 Å². The van der Waals surface area contributed by atoms with E-state index in [1.54, 1.807) is 14.2 Å². The van der Waals surface area contributed by atoms with Gasteiger partial charge in [-0.15, -0.1) is 0 Å². The van der Waals surface area contributed by atoms with Crippen molar-refractivity contribution >= 4 is 27.5 Å². The molecule has 0 saturated carbocycles. The zero-order valence-corrected chi connectivity index (χ0v) is 17.5. The lowest BCUT2D eigenvalue weighted by atomic mass is 10.0. The highest BCUT2D eigenvalue weighted by Crippen LogP contribution is 2.34. The van der Waals surface area contributed by atoms with E-state index in [1.165, 1.54) is 0 Å². The predicted molar refractivity (Wildman–Crippen MR) is 111 cm³/mol. The fourth-order valence-corrected chi connectivity index (χ4v) is 3.94. The molecule has 6 heteroatoms. The number of carbonyl (C=O) groups excluding carboxylic acids is 1. The standard InChI is InChI=1S/C21H25BrN2O3/c1-14-11-18(26-2)19(27-3)13-17(14)23-21(25)20(24-9-4-5-10-24)15-7-6-8-16(22)12-15/h6-8,11-13,20H,4-5,9-10H2,1-3H3,(H,23,25)/t20-/m0/s1. The molecule has 0 unspecified atom stereocenters. The molecule has 144 valence electrons. The van der Waals surface area contributed by atoms with Crippen LogP contribution in [0.2, 0.25) is 0 Å². The molecule has 1 atom stereocenters. The molecule has 0 bridgehead atoms. The lowest BCUT2D eigenvalue weighted by molar-refractivity contribution is -0.121. The summed E-state index contributed by atoms with van der Waals surface area (Å²) in [6, 6.07) is 11.3. The monoisotopic (exact) mass is 432 g/mol. The van der Waals surface area contributed by atoms with E-state index in [4.69, 9.17) is 9.47 Å². The number of rotatable bonds is 6. The molecule has 1 saturated heterocycles. The number of likely N-dealkylation sites (tertiary alicyclic amines) is 1. The van der Waals surface area contributed by atoms with Crippen molar-refractivity contribution in [1.29, 1.82) is 0 Å². The van der Waals surface area contributed by atoms with Gasteiger partial charge in [0, 0.05) is 16.2 Å². The van der Waals surface area contributed by atoms with Gasteiger partial charge in [-0.3, -0.25) is 9.69 Å². The second kappa shape index (κ2) is 8.76. The Labute approximate surface area is 168 Å². The van der Waals surface area contributed by atoms with Crippen LogP contribution in [0, 0.1) is 6.92 Å². The summed E-state index contributed by atoms with van der Waals surface area (Å²) in [6.07, 6.45) is 2.24. The highest BCUT2D eigenvalue weighted by molar-refractivity contribution is 9.10. The highest BCUT2D eigenvalue weighted by Gasteiger charge is 2.30. The maximum atomic E-state index is 13.3. The number of anilines is 1. The number of hydrogen-bond donors (Lipinski definition) is 1.